The second-order valence-corrected chi connectivity index (χ2v) is 2.89. The summed E-state index contributed by atoms with van der Waals surface area (Å²) in [6, 6.07) is 5.80. The van der Waals surface area contributed by atoms with Crippen LogP contribution in [0.1, 0.15) is 22.9 Å². The Kier molecular flexibility index (Phi) is 1.31. The third-order valence-electron chi connectivity index (χ3n) is 1.98. The lowest BCUT2D eigenvalue weighted by Crippen LogP contribution is -1.85. The molecule has 0 aromatic heterocycles. The molecule has 1 unspecified atom stereocenters. The fourth-order valence-corrected chi connectivity index (χ4v) is 1.38. The van der Waals surface area contributed by atoms with Crippen molar-refractivity contribution in [2.24, 2.45) is 0 Å². The van der Waals surface area contributed by atoms with Gasteiger partial charge in [-0.15, -0.1) is 0 Å². The number of hydrogen-bond acceptors (Lipinski definition) is 0. The van der Waals surface area contributed by atoms with Crippen LogP contribution in [-0.2, 0) is 0 Å². The maximum absolute atomic E-state index is 13.0. The Labute approximate surface area is 65.4 Å². The molecule has 0 spiro atoms. The predicted molar refractivity (Wildman–Crippen MR) is 44.1 cm³/mol. The summed E-state index contributed by atoms with van der Waals surface area (Å²) in [5.74, 6) is 0. The maximum atomic E-state index is 13.0. The summed E-state index contributed by atoms with van der Waals surface area (Å²) in [6.07, 6.45) is 2.54. The second kappa shape index (κ2) is 2.19. The van der Waals surface area contributed by atoms with E-state index in [4.69, 9.17) is 0 Å². The smallest absolute Gasteiger partial charge is 0.144 e. The normalized spacial score (nSPS) is 20.4. The van der Waals surface area contributed by atoms with Crippen LogP contribution in [0.4, 0.5) is 4.39 Å². The molecule has 1 aromatic rings. The van der Waals surface area contributed by atoms with E-state index < -0.39 is 6.17 Å². The largest absolute Gasteiger partial charge is 0.238 e. The van der Waals surface area contributed by atoms with E-state index in [-0.39, 0.29) is 0 Å². The van der Waals surface area contributed by atoms with Gasteiger partial charge in [-0.3, -0.25) is 0 Å². The van der Waals surface area contributed by atoms with Gasteiger partial charge in [-0.2, -0.15) is 0 Å². The molecule has 0 nitrogen and oxygen atoms in total. The van der Waals surface area contributed by atoms with Gasteiger partial charge in [-0.25, -0.2) is 4.39 Å². The first-order valence-electron chi connectivity index (χ1n) is 3.70. The molecular weight excluding hydrogens is 139 g/mol. The van der Waals surface area contributed by atoms with Crippen LogP contribution in [0.25, 0.3) is 6.08 Å². The Morgan fingerprint density at radius 3 is 3.00 bits per heavy atom. The van der Waals surface area contributed by atoms with Crippen molar-refractivity contribution in [3.05, 3.63) is 41.0 Å². The molecule has 0 N–H and O–H groups in total. The quantitative estimate of drug-likeness (QED) is 0.530. The molecule has 1 aromatic carbocycles. The van der Waals surface area contributed by atoms with E-state index >= 15 is 0 Å². The monoisotopic (exact) mass is 148 g/mol. The van der Waals surface area contributed by atoms with Crippen LogP contribution in [0.3, 0.4) is 0 Å². The van der Waals surface area contributed by atoms with E-state index in [1.54, 1.807) is 6.08 Å². The van der Waals surface area contributed by atoms with Crippen LogP contribution in [0.2, 0.25) is 0 Å². The van der Waals surface area contributed by atoms with E-state index in [0.717, 1.165) is 11.1 Å². The zero-order valence-electron chi connectivity index (χ0n) is 6.34. The molecule has 0 fully saturated rings. The average Bonchev–Trinajstić information content (AvgIpc) is 2.32. The molecule has 1 heteroatoms. The molecule has 0 radical (unpaired) electrons. The molecular formula is C10H9F. The number of aryl methyl sites for hydroxylation is 1. The fraction of sp³-hybridized carbons (Fsp3) is 0.200. The van der Waals surface area contributed by atoms with Crippen molar-refractivity contribution in [2.75, 3.05) is 0 Å². The number of allylic oxidation sites excluding steroid dienone is 1. The Hall–Kier alpha value is -1.11. The molecule has 11 heavy (non-hydrogen) atoms. The van der Waals surface area contributed by atoms with Crippen LogP contribution >= 0.6 is 0 Å². The van der Waals surface area contributed by atoms with Gasteiger partial charge in [-0.1, -0.05) is 29.8 Å². The van der Waals surface area contributed by atoms with Crippen molar-refractivity contribution >= 4 is 6.08 Å². The van der Waals surface area contributed by atoms with E-state index in [0.29, 0.717) is 0 Å². The Bertz CT molecular complexity index is 313. The first kappa shape index (κ1) is 6.59. The van der Waals surface area contributed by atoms with E-state index in [1.807, 2.05) is 31.2 Å². The average molecular weight is 148 g/mol. The molecule has 1 aliphatic rings. The van der Waals surface area contributed by atoms with E-state index in [9.17, 15) is 4.39 Å². The van der Waals surface area contributed by atoms with Crippen molar-refractivity contribution in [3.8, 4) is 0 Å². The molecule has 0 saturated carbocycles. The third-order valence-corrected chi connectivity index (χ3v) is 1.98. The molecule has 0 amide bonds. The van der Waals surface area contributed by atoms with Crippen LogP contribution in [-0.4, -0.2) is 0 Å². The van der Waals surface area contributed by atoms with E-state index in [2.05, 4.69) is 0 Å². The van der Waals surface area contributed by atoms with Crippen molar-refractivity contribution in [1.82, 2.24) is 0 Å². The van der Waals surface area contributed by atoms with Crippen molar-refractivity contribution < 1.29 is 4.39 Å². The summed E-state index contributed by atoms with van der Waals surface area (Å²) in [6.45, 7) is 2.01. The summed E-state index contributed by atoms with van der Waals surface area (Å²) in [7, 11) is 0. The summed E-state index contributed by atoms with van der Waals surface area (Å²) >= 11 is 0. The van der Waals surface area contributed by atoms with Crippen LogP contribution in [0, 0.1) is 6.92 Å². The van der Waals surface area contributed by atoms with Crippen LogP contribution < -0.4 is 0 Å². The van der Waals surface area contributed by atoms with Gasteiger partial charge in [0.2, 0.25) is 0 Å². The summed E-state index contributed by atoms with van der Waals surface area (Å²) < 4.78 is 13.0. The molecule has 2 rings (SSSR count). The minimum atomic E-state index is -0.884. The Morgan fingerprint density at radius 1 is 1.36 bits per heavy atom. The van der Waals surface area contributed by atoms with Gasteiger partial charge in [0.1, 0.15) is 6.17 Å². The van der Waals surface area contributed by atoms with Crippen LogP contribution in [0.15, 0.2) is 24.3 Å². The standard InChI is InChI=1S/C10H9F/c1-7-2-4-9-8(6-7)3-5-10(9)11/h2-6,10H,1H3. The highest BCUT2D eigenvalue weighted by Crippen LogP contribution is 2.31. The van der Waals surface area contributed by atoms with Gasteiger partial charge < -0.3 is 0 Å². The minimum Gasteiger partial charge on any atom is -0.238 e. The summed E-state index contributed by atoms with van der Waals surface area (Å²) in [5, 5.41) is 0. The topological polar surface area (TPSA) is 0 Å². The number of fused-ring (bicyclic) bond motifs is 1. The van der Waals surface area contributed by atoms with Gasteiger partial charge in [0.05, 0.1) is 0 Å². The molecule has 0 bridgehead atoms. The molecule has 1 aliphatic carbocycles. The highest BCUT2D eigenvalue weighted by atomic mass is 19.1. The van der Waals surface area contributed by atoms with Gasteiger partial charge in [0.15, 0.2) is 0 Å². The Morgan fingerprint density at radius 2 is 2.18 bits per heavy atom. The van der Waals surface area contributed by atoms with Gasteiger partial charge >= 0.3 is 0 Å². The molecule has 0 aliphatic heterocycles. The van der Waals surface area contributed by atoms with E-state index in [1.165, 1.54) is 5.56 Å². The molecule has 56 valence electrons. The first-order valence-corrected chi connectivity index (χ1v) is 3.70. The summed E-state index contributed by atoms with van der Waals surface area (Å²) in [5.41, 5.74) is 3.01. The number of halogens is 1. The maximum Gasteiger partial charge on any atom is 0.144 e. The highest BCUT2D eigenvalue weighted by molar-refractivity contribution is 5.62. The van der Waals surface area contributed by atoms with Crippen molar-refractivity contribution in [1.29, 1.82) is 0 Å². The highest BCUT2D eigenvalue weighted by Gasteiger charge is 2.14. The molecule has 1 atom stereocenters. The SMILES string of the molecule is Cc1ccc2c(c1)C=CC2F. The number of rotatable bonds is 0. The second-order valence-electron chi connectivity index (χ2n) is 2.89. The number of benzene rings is 1. The zero-order chi connectivity index (χ0) is 7.84. The zero-order valence-corrected chi connectivity index (χ0v) is 6.34. The lowest BCUT2D eigenvalue weighted by Gasteiger charge is -2.01. The number of alkyl halides is 1. The van der Waals surface area contributed by atoms with Crippen LogP contribution in [0.5, 0.6) is 0 Å². The molecule has 0 saturated heterocycles. The molecule has 0 heterocycles. The van der Waals surface area contributed by atoms with Crippen molar-refractivity contribution in [3.63, 3.8) is 0 Å². The lowest BCUT2D eigenvalue weighted by molar-refractivity contribution is 0.420. The third kappa shape index (κ3) is 0.967. The van der Waals surface area contributed by atoms with Gasteiger partial charge in [0, 0.05) is 0 Å². The Balaban J connectivity index is 2.58. The fourth-order valence-electron chi connectivity index (χ4n) is 1.38. The minimum absolute atomic E-state index is 0.801. The first-order chi connectivity index (χ1) is 5.27. The van der Waals surface area contributed by atoms with Crippen molar-refractivity contribution in [2.45, 2.75) is 13.1 Å². The lowest BCUT2D eigenvalue weighted by atomic mass is 10.1. The predicted octanol–water partition coefficient (Wildman–Crippen LogP) is 3.03. The summed E-state index contributed by atoms with van der Waals surface area (Å²) in [4.78, 5) is 0. The number of hydrogen-bond donors (Lipinski definition) is 0. The van der Waals surface area contributed by atoms with Gasteiger partial charge in [-0.05, 0) is 24.1 Å². The van der Waals surface area contributed by atoms with Gasteiger partial charge in [0.25, 0.3) is 0 Å².